The molecular formula is C15H25N5OS. The monoisotopic (exact) mass is 323 g/mol. The van der Waals surface area contributed by atoms with Crippen molar-refractivity contribution in [1.82, 2.24) is 24.8 Å². The van der Waals surface area contributed by atoms with E-state index >= 15 is 0 Å². The number of amides is 1. The van der Waals surface area contributed by atoms with Crippen LogP contribution in [0.3, 0.4) is 0 Å². The van der Waals surface area contributed by atoms with Crippen molar-refractivity contribution in [1.29, 1.82) is 0 Å². The lowest BCUT2D eigenvalue weighted by molar-refractivity contribution is 0.0766. The Bertz CT molecular complexity index is 518. The number of hydrogen-bond acceptors (Lipinski definition) is 5. The second-order valence-electron chi connectivity index (χ2n) is 5.82. The first-order valence-corrected chi connectivity index (χ1v) is 8.81. The molecule has 7 heteroatoms. The molecule has 0 bridgehead atoms. The summed E-state index contributed by atoms with van der Waals surface area (Å²) in [4.78, 5) is 16.4. The maximum atomic E-state index is 12.3. The van der Waals surface area contributed by atoms with Crippen LogP contribution in [0.2, 0.25) is 0 Å². The van der Waals surface area contributed by atoms with Crippen LogP contribution in [0.25, 0.3) is 0 Å². The molecule has 2 heterocycles. The Morgan fingerprint density at radius 2 is 2.14 bits per heavy atom. The molecule has 6 nitrogen and oxygen atoms in total. The number of allylic oxidation sites excluding steroid dienone is 1. The quantitative estimate of drug-likeness (QED) is 0.740. The highest BCUT2D eigenvalue weighted by molar-refractivity contribution is 7.99. The van der Waals surface area contributed by atoms with Gasteiger partial charge in [-0.25, -0.2) is 0 Å². The van der Waals surface area contributed by atoms with Gasteiger partial charge in [-0.2, -0.15) is 11.8 Å². The van der Waals surface area contributed by atoms with Gasteiger partial charge >= 0.3 is 0 Å². The number of nitrogens with zero attached hydrogens (tertiary/aromatic N) is 5. The number of rotatable bonds is 6. The van der Waals surface area contributed by atoms with E-state index in [0.717, 1.165) is 44.2 Å². The van der Waals surface area contributed by atoms with Gasteiger partial charge in [0.15, 0.2) is 5.69 Å². The Balaban J connectivity index is 1.83. The van der Waals surface area contributed by atoms with Gasteiger partial charge in [-0.05, 0) is 20.9 Å². The van der Waals surface area contributed by atoms with Gasteiger partial charge < -0.3 is 9.80 Å². The van der Waals surface area contributed by atoms with Crippen molar-refractivity contribution in [3.8, 4) is 0 Å². The van der Waals surface area contributed by atoms with Gasteiger partial charge in [0.05, 0.1) is 12.7 Å². The number of thioether (sulfide) groups is 1. The molecule has 0 radical (unpaired) electrons. The number of hydrogen-bond donors (Lipinski definition) is 0. The molecule has 0 spiro atoms. The summed E-state index contributed by atoms with van der Waals surface area (Å²) < 4.78 is 1.75. The molecule has 0 N–H and O–H groups in total. The molecule has 22 heavy (non-hydrogen) atoms. The zero-order chi connectivity index (χ0) is 15.9. The van der Waals surface area contributed by atoms with Crippen molar-refractivity contribution in [2.24, 2.45) is 0 Å². The van der Waals surface area contributed by atoms with Crippen molar-refractivity contribution in [2.75, 3.05) is 44.7 Å². The molecular weight excluding hydrogens is 298 g/mol. The normalized spacial score (nSPS) is 15.2. The molecule has 1 saturated heterocycles. The third kappa shape index (κ3) is 5.14. The van der Waals surface area contributed by atoms with Crippen LogP contribution in [0.5, 0.6) is 0 Å². The number of likely N-dealkylation sites (N-methyl/N-ethyl adjacent to an activating group) is 1. The molecule has 1 amide bonds. The molecule has 1 fully saturated rings. The van der Waals surface area contributed by atoms with E-state index in [4.69, 9.17) is 0 Å². The summed E-state index contributed by atoms with van der Waals surface area (Å²) >= 11 is 1.89. The molecule has 0 aliphatic carbocycles. The minimum atomic E-state index is 0.00412. The van der Waals surface area contributed by atoms with Gasteiger partial charge in [-0.3, -0.25) is 9.48 Å². The van der Waals surface area contributed by atoms with Crippen LogP contribution in [-0.4, -0.2) is 75.4 Å². The van der Waals surface area contributed by atoms with E-state index in [-0.39, 0.29) is 5.91 Å². The smallest absolute Gasteiger partial charge is 0.276 e. The van der Waals surface area contributed by atoms with E-state index in [1.165, 1.54) is 5.57 Å². The third-order valence-corrected chi connectivity index (χ3v) is 4.52. The molecule has 1 aliphatic rings. The van der Waals surface area contributed by atoms with Crippen LogP contribution in [0.15, 0.2) is 17.8 Å². The number of carbonyl (C=O) groups is 1. The van der Waals surface area contributed by atoms with Gasteiger partial charge in [-0.15, -0.1) is 5.10 Å². The minimum absolute atomic E-state index is 0.00412. The van der Waals surface area contributed by atoms with E-state index < -0.39 is 0 Å². The number of carbonyl (C=O) groups excluding carboxylic acids is 1. The Kier molecular flexibility index (Phi) is 6.45. The highest BCUT2D eigenvalue weighted by Gasteiger charge is 2.20. The van der Waals surface area contributed by atoms with Crippen molar-refractivity contribution < 1.29 is 4.79 Å². The molecule has 1 aliphatic heterocycles. The Labute approximate surface area is 136 Å². The predicted molar refractivity (Wildman–Crippen MR) is 90.2 cm³/mol. The summed E-state index contributed by atoms with van der Waals surface area (Å²) in [6.07, 6.45) is 3.96. The maximum absolute atomic E-state index is 12.3. The summed E-state index contributed by atoms with van der Waals surface area (Å²) in [6, 6.07) is 0. The van der Waals surface area contributed by atoms with Crippen LogP contribution in [0, 0.1) is 0 Å². The molecule has 0 atom stereocenters. The predicted octanol–water partition coefficient (Wildman–Crippen LogP) is 1.37. The van der Waals surface area contributed by atoms with Gasteiger partial charge in [0.2, 0.25) is 0 Å². The molecule has 1 aromatic rings. The summed E-state index contributed by atoms with van der Waals surface area (Å²) in [6.45, 7) is 8.35. The number of aromatic nitrogens is 3. The summed E-state index contributed by atoms with van der Waals surface area (Å²) in [5.74, 6) is 2.02. The van der Waals surface area contributed by atoms with Crippen LogP contribution in [0.4, 0.5) is 0 Å². The second-order valence-corrected chi connectivity index (χ2v) is 7.04. The average molecular weight is 323 g/mol. The van der Waals surface area contributed by atoms with E-state index in [1.807, 2.05) is 16.7 Å². The lowest BCUT2D eigenvalue weighted by atomic mass is 10.3. The molecule has 2 rings (SSSR count). The second kappa shape index (κ2) is 8.33. The van der Waals surface area contributed by atoms with Crippen molar-refractivity contribution >= 4 is 17.7 Å². The van der Waals surface area contributed by atoms with Crippen molar-refractivity contribution in [2.45, 2.75) is 20.4 Å². The van der Waals surface area contributed by atoms with Gasteiger partial charge in [0, 0.05) is 37.7 Å². The summed E-state index contributed by atoms with van der Waals surface area (Å²) in [5.41, 5.74) is 1.78. The van der Waals surface area contributed by atoms with E-state index in [0.29, 0.717) is 5.69 Å². The average Bonchev–Trinajstić information content (AvgIpc) is 3.00. The first kappa shape index (κ1) is 17.0. The molecule has 122 valence electrons. The van der Waals surface area contributed by atoms with Gasteiger partial charge in [0.1, 0.15) is 0 Å². The zero-order valence-electron chi connectivity index (χ0n) is 13.7. The van der Waals surface area contributed by atoms with Crippen molar-refractivity contribution in [3.63, 3.8) is 0 Å². The third-order valence-electron chi connectivity index (χ3n) is 3.58. The molecule has 0 saturated carbocycles. The Morgan fingerprint density at radius 1 is 1.41 bits per heavy atom. The van der Waals surface area contributed by atoms with Crippen LogP contribution in [0.1, 0.15) is 24.3 Å². The summed E-state index contributed by atoms with van der Waals surface area (Å²) in [5, 5.41) is 8.10. The minimum Gasteiger partial charge on any atom is -0.336 e. The first-order chi connectivity index (χ1) is 10.6. The fourth-order valence-corrected chi connectivity index (χ4v) is 3.04. The molecule has 1 aromatic heterocycles. The zero-order valence-corrected chi connectivity index (χ0v) is 14.5. The van der Waals surface area contributed by atoms with Crippen LogP contribution in [-0.2, 0) is 6.54 Å². The van der Waals surface area contributed by atoms with E-state index in [9.17, 15) is 4.79 Å². The first-order valence-electron chi connectivity index (χ1n) is 7.65. The molecule has 0 aromatic carbocycles. The van der Waals surface area contributed by atoms with Gasteiger partial charge in [0.25, 0.3) is 5.91 Å². The largest absolute Gasteiger partial charge is 0.336 e. The standard InChI is InChI=1S/C15H25N5OS/c1-13(2)4-5-18(3)6-7-20-12-14(16-17-20)15(21)19-8-10-22-11-9-19/h4,12H,5-11H2,1-3H3. The highest BCUT2D eigenvalue weighted by Crippen LogP contribution is 2.11. The Hall–Kier alpha value is -1.34. The van der Waals surface area contributed by atoms with E-state index in [2.05, 4.69) is 42.2 Å². The van der Waals surface area contributed by atoms with E-state index in [1.54, 1.807) is 10.9 Å². The fraction of sp³-hybridized carbons (Fsp3) is 0.667. The Morgan fingerprint density at radius 3 is 2.82 bits per heavy atom. The maximum Gasteiger partial charge on any atom is 0.276 e. The van der Waals surface area contributed by atoms with Crippen LogP contribution >= 0.6 is 11.8 Å². The van der Waals surface area contributed by atoms with Crippen molar-refractivity contribution in [3.05, 3.63) is 23.5 Å². The van der Waals surface area contributed by atoms with Crippen LogP contribution < -0.4 is 0 Å². The highest BCUT2D eigenvalue weighted by atomic mass is 32.2. The topological polar surface area (TPSA) is 54.3 Å². The lowest BCUT2D eigenvalue weighted by Gasteiger charge is -2.25. The lowest BCUT2D eigenvalue weighted by Crippen LogP contribution is -2.38. The SMILES string of the molecule is CC(C)=CCN(C)CCn1cc(C(=O)N2CCSCC2)nn1. The fourth-order valence-electron chi connectivity index (χ4n) is 2.14. The van der Waals surface area contributed by atoms with Gasteiger partial charge in [-0.1, -0.05) is 16.9 Å². The summed E-state index contributed by atoms with van der Waals surface area (Å²) in [7, 11) is 2.08. The molecule has 0 unspecified atom stereocenters.